The van der Waals surface area contributed by atoms with Gasteiger partial charge in [-0.25, -0.2) is 4.98 Å². The summed E-state index contributed by atoms with van der Waals surface area (Å²) in [5, 5.41) is 12.1. The molecule has 0 aliphatic rings. The van der Waals surface area contributed by atoms with Crippen LogP contribution in [-0.4, -0.2) is 16.7 Å². The largest absolute Gasteiger partial charge is 0.396 e. The normalized spacial score (nSPS) is 11.8. The lowest BCUT2D eigenvalue weighted by molar-refractivity contribution is 0.288. The molecule has 0 fully saturated rings. The van der Waals surface area contributed by atoms with Gasteiger partial charge < -0.3 is 5.11 Å². The average Bonchev–Trinajstić information content (AvgIpc) is 2.86. The summed E-state index contributed by atoms with van der Waals surface area (Å²) in [6, 6.07) is 8.50. The van der Waals surface area contributed by atoms with Crippen LogP contribution in [0.5, 0.6) is 0 Å². The maximum absolute atomic E-state index is 8.83. The molecule has 3 heteroatoms. The highest BCUT2D eigenvalue weighted by Gasteiger charge is 2.17. The Kier molecular flexibility index (Phi) is 4.38. The molecule has 2 aromatic rings. The summed E-state index contributed by atoms with van der Waals surface area (Å²) in [6.45, 7) is 6.81. The van der Waals surface area contributed by atoms with Crippen molar-refractivity contribution >= 4 is 11.3 Å². The van der Waals surface area contributed by atoms with Crippen LogP contribution in [0, 0.1) is 0 Å². The lowest BCUT2D eigenvalue weighted by Gasteiger charge is -2.14. The van der Waals surface area contributed by atoms with E-state index < -0.39 is 0 Å². The van der Waals surface area contributed by atoms with E-state index in [0.29, 0.717) is 0 Å². The minimum Gasteiger partial charge on any atom is -0.396 e. The highest BCUT2D eigenvalue weighted by molar-refractivity contribution is 7.13. The molecule has 102 valence electrons. The van der Waals surface area contributed by atoms with Crippen LogP contribution in [0.1, 0.15) is 38.4 Å². The molecule has 0 spiro atoms. The van der Waals surface area contributed by atoms with Crippen LogP contribution in [0.3, 0.4) is 0 Å². The molecule has 0 saturated heterocycles. The molecule has 0 radical (unpaired) electrons. The van der Waals surface area contributed by atoms with Crippen molar-refractivity contribution in [3.8, 4) is 10.6 Å². The third-order valence-electron chi connectivity index (χ3n) is 3.10. The minimum absolute atomic E-state index is 0.107. The van der Waals surface area contributed by atoms with E-state index in [-0.39, 0.29) is 12.0 Å². The zero-order chi connectivity index (χ0) is 13.9. The fourth-order valence-corrected chi connectivity index (χ4v) is 2.90. The summed E-state index contributed by atoms with van der Waals surface area (Å²) in [7, 11) is 0. The van der Waals surface area contributed by atoms with E-state index in [0.717, 1.165) is 23.5 Å². The molecule has 1 aromatic heterocycles. The number of aliphatic hydroxyl groups excluding tert-OH is 1. The van der Waals surface area contributed by atoms with Crippen LogP contribution in [0.4, 0.5) is 0 Å². The van der Waals surface area contributed by atoms with Gasteiger partial charge in [-0.2, -0.15) is 0 Å². The maximum Gasteiger partial charge on any atom is 0.123 e. The predicted molar refractivity (Wildman–Crippen MR) is 81.7 cm³/mol. The van der Waals surface area contributed by atoms with E-state index in [4.69, 9.17) is 10.1 Å². The molecule has 0 aliphatic carbocycles. The standard InChI is InChI=1S/C16H21NOS/c1-16(2,3)14-11-19-15(17-14)13-8-6-12(7-9-13)5-4-10-18/h6-9,11,18H,4-5,10H2,1-3H3. The van der Waals surface area contributed by atoms with Crippen LogP contribution in [0.2, 0.25) is 0 Å². The predicted octanol–water partition coefficient (Wildman–Crippen LogP) is 4.03. The van der Waals surface area contributed by atoms with Gasteiger partial charge in [0.2, 0.25) is 0 Å². The molecule has 2 nitrogen and oxygen atoms in total. The molecular formula is C16H21NOS. The molecular weight excluding hydrogens is 254 g/mol. The molecule has 1 aromatic carbocycles. The van der Waals surface area contributed by atoms with Gasteiger partial charge in [0, 0.05) is 23.0 Å². The first kappa shape index (κ1) is 14.2. The van der Waals surface area contributed by atoms with Crippen LogP contribution in [0.15, 0.2) is 29.6 Å². The maximum atomic E-state index is 8.83. The summed E-state index contributed by atoms with van der Waals surface area (Å²) in [4.78, 5) is 4.72. The van der Waals surface area contributed by atoms with Crippen molar-refractivity contribution in [1.29, 1.82) is 0 Å². The van der Waals surface area contributed by atoms with E-state index in [2.05, 4.69) is 50.4 Å². The van der Waals surface area contributed by atoms with Gasteiger partial charge in [0.25, 0.3) is 0 Å². The van der Waals surface area contributed by atoms with Gasteiger partial charge in [-0.1, -0.05) is 45.0 Å². The molecule has 0 bridgehead atoms. The summed E-state index contributed by atoms with van der Waals surface area (Å²) >= 11 is 1.70. The van der Waals surface area contributed by atoms with Crippen molar-refractivity contribution in [2.24, 2.45) is 0 Å². The summed E-state index contributed by atoms with van der Waals surface area (Å²) in [6.07, 6.45) is 1.76. The molecule has 0 unspecified atom stereocenters. The Balaban J connectivity index is 2.16. The molecule has 0 aliphatic heterocycles. The smallest absolute Gasteiger partial charge is 0.123 e. The number of nitrogens with zero attached hydrogens (tertiary/aromatic N) is 1. The number of benzene rings is 1. The second-order valence-corrected chi connectivity index (χ2v) is 6.67. The SMILES string of the molecule is CC(C)(C)c1csc(-c2ccc(CCCO)cc2)n1. The number of aryl methyl sites for hydroxylation is 1. The van der Waals surface area contributed by atoms with Crippen molar-refractivity contribution in [2.45, 2.75) is 39.0 Å². The lowest BCUT2D eigenvalue weighted by atomic mass is 9.93. The van der Waals surface area contributed by atoms with Crippen LogP contribution >= 0.6 is 11.3 Å². The number of aliphatic hydroxyl groups is 1. The zero-order valence-corrected chi connectivity index (χ0v) is 12.6. The molecule has 0 saturated carbocycles. The second-order valence-electron chi connectivity index (χ2n) is 5.81. The van der Waals surface area contributed by atoms with Gasteiger partial charge in [-0.3, -0.25) is 0 Å². The van der Waals surface area contributed by atoms with Crippen LogP contribution in [-0.2, 0) is 11.8 Å². The second kappa shape index (κ2) is 5.85. The Morgan fingerprint density at radius 2 is 1.84 bits per heavy atom. The Hall–Kier alpha value is -1.19. The quantitative estimate of drug-likeness (QED) is 0.913. The van der Waals surface area contributed by atoms with Crippen molar-refractivity contribution in [3.05, 3.63) is 40.9 Å². The first-order valence-corrected chi connectivity index (χ1v) is 7.55. The first-order valence-electron chi connectivity index (χ1n) is 6.67. The van der Waals surface area contributed by atoms with Gasteiger partial charge in [-0.15, -0.1) is 11.3 Å². The lowest BCUT2D eigenvalue weighted by Crippen LogP contribution is -2.11. The molecule has 0 amide bonds. The summed E-state index contributed by atoms with van der Waals surface area (Å²) in [5.41, 5.74) is 3.70. The van der Waals surface area contributed by atoms with Crippen LogP contribution in [0.25, 0.3) is 10.6 Å². The number of rotatable bonds is 4. The van der Waals surface area contributed by atoms with Gasteiger partial charge in [0.15, 0.2) is 0 Å². The van der Waals surface area contributed by atoms with E-state index in [1.165, 1.54) is 11.1 Å². The van der Waals surface area contributed by atoms with Gasteiger partial charge in [0.1, 0.15) is 5.01 Å². The fourth-order valence-electron chi connectivity index (χ4n) is 1.85. The third-order valence-corrected chi connectivity index (χ3v) is 3.99. The third kappa shape index (κ3) is 3.64. The Labute approximate surface area is 119 Å². The number of thiazole rings is 1. The Morgan fingerprint density at radius 3 is 2.37 bits per heavy atom. The highest BCUT2D eigenvalue weighted by Crippen LogP contribution is 2.29. The van der Waals surface area contributed by atoms with Crippen molar-refractivity contribution in [2.75, 3.05) is 6.61 Å². The summed E-state index contributed by atoms with van der Waals surface area (Å²) < 4.78 is 0. The van der Waals surface area contributed by atoms with Crippen molar-refractivity contribution in [1.82, 2.24) is 4.98 Å². The fraction of sp³-hybridized carbons (Fsp3) is 0.438. The number of hydrogen-bond acceptors (Lipinski definition) is 3. The van der Waals surface area contributed by atoms with Crippen molar-refractivity contribution in [3.63, 3.8) is 0 Å². The van der Waals surface area contributed by atoms with Gasteiger partial charge >= 0.3 is 0 Å². The molecule has 0 atom stereocenters. The first-order chi connectivity index (χ1) is 9.00. The van der Waals surface area contributed by atoms with E-state index in [9.17, 15) is 0 Å². The highest BCUT2D eigenvalue weighted by atomic mass is 32.1. The van der Waals surface area contributed by atoms with Crippen molar-refractivity contribution < 1.29 is 5.11 Å². The van der Waals surface area contributed by atoms with Gasteiger partial charge in [0.05, 0.1) is 5.69 Å². The van der Waals surface area contributed by atoms with E-state index >= 15 is 0 Å². The number of hydrogen-bond donors (Lipinski definition) is 1. The molecule has 19 heavy (non-hydrogen) atoms. The minimum atomic E-state index is 0.107. The zero-order valence-electron chi connectivity index (χ0n) is 11.8. The Morgan fingerprint density at radius 1 is 1.16 bits per heavy atom. The average molecular weight is 275 g/mol. The van der Waals surface area contributed by atoms with E-state index in [1.54, 1.807) is 11.3 Å². The summed E-state index contributed by atoms with van der Waals surface area (Å²) in [5.74, 6) is 0. The number of aromatic nitrogens is 1. The molecule has 1 heterocycles. The topological polar surface area (TPSA) is 33.1 Å². The Bertz CT molecular complexity index is 522. The van der Waals surface area contributed by atoms with Gasteiger partial charge in [-0.05, 0) is 18.4 Å². The van der Waals surface area contributed by atoms with Crippen LogP contribution < -0.4 is 0 Å². The monoisotopic (exact) mass is 275 g/mol. The molecule has 2 rings (SSSR count). The van der Waals surface area contributed by atoms with E-state index in [1.807, 2.05) is 0 Å². The molecule has 1 N–H and O–H groups in total.